The van der Waals surface area contributed by atoms with Crippen molar-refractivity contribution in [3.63, 3.8) is 0 Å². The number of aldehydes is 1. The summed E-state index contributed by atoms with van der Waals surface area (Å²) in [6, 6.07) is 11.1. The summed E-state index contributed by atoms with van der Waals surface area (Å²) in [5, 5.41) is 3.64. The summed E-state index contributed by atoms with van der Waals surface area (Å²) in [6.07, 6.45) is 7.15. The summed E-state index contributed by atoms with van der Waals surface area (Å²) >= 11 is 0. The van der Waals surface area contributed by atoms with Crippen molar-refractivity contribution in [1.82, 2.24) is 9.13 Å². The van der Waals surface area contributed by atoms with Crippen LogP contribution in [0.5, 0.6) is 0 Å². The first-order chi connectivity index (χ1) is 18.0. The maximum atomic E-state index is 13.3. The Labute approximate surface area is 223 Å². The third-order valence-corrected chi connectivity index (χ3v) is 5.83. The van der Waals surface area contributed by atoms with Crippen LogP contribution in [0, 0.1) is 5.92 Å². The third kappa shape index (κ3) is 7.54. The van der Waals surface area contributed by atoms with Crippen LogP contribution in [0.2, 0.25) is 0 Å². The number of carbonyl (C=O) groups is 3. The normalized spacial score (nSPS) is 11.8. The average molecular weight is 520 g/mol. The van der Waals surface area contributed by atoms with Gasteiger partial charge < -0.3 is 14.6 Å². The molecule has 0 aliphatic heterocycles. The van der Waals surface area contributed by atoms with E-state index in [4.69, 9.17) is 4.74 Å². The minimum Gasteiger partial charge on any atom is -0.443 e. The molecule has 0 aliphatic carbocycles. The number of pyridine rings is 1. The molecule has 0 fully saturated rings. The Balaban J connectivity index is 1.94. The average Bonchev–Trinajstić information content (AvgIpc) is 3.19. The monoisotopic (exact) mass is 519 g/mol. The molecule has 0 spiro atoms. The molecule has 0 aliphatic rings. The smallest absolute Gasteiger partial charge is 0.419 e. The molecule has 1 aromatic carbocycles. The molecule has 2 aromatic heterocycles. The Hall–Kier alpha value is -3.94. The highest BCUT2D eigenvalue weighted by molar-refractivity contribution is 5.93. The van der Waals surface area contributed by atoms with E-state index in [1.807, 2.05) is 39.0 Å². The van der Waals surface area contributed by atoms with Crippen molar-refractivity contribution in [2.24, 2.45) is 5.92 Å². The summed E-state index contributed by atoms with van der Waals surface area (Å²) < 4.78 is 8.72. The summed E-state index contributed by atoms with van der Waals surface area (Å²) in [4.78, 5) is 49.3. The number of hydrogen-bond acceptors (Lipinski definition) is 5. The maximum Gasteiger partial charge on any atom is 0.419 e. The van der Waals surface area contributed by atoms with Gasteiger partial charge in [-0.3, -0.25) is 14.4 Å². The number of anilines is 1. The lowest BCUT2D eigenvalue weighted by molar-refractivity contribution is -0.116. The highest BCUT2D eigenvalue weighted by Crippen LogP contribution is 2.27. The summed E-state index contributed by atoms with van der Waals surface area (Å²) in [6.45, 7) is 9.85. The molecule has 38 heavy (non-hydrogen) atoms. The van der Waals surface area contributed by atoms with Crippen LogP contribution < -0.4 is 10.9 Å². The van der Waals surface area contributed by atoms with Crippen LogP contribution in [0.15, 0.2) is 59.5 Å². The standard InChI is InChI=1S/C30H37N3O5/c1-21(2)18-22-12-10-14-26-24(22)19-23(33(26)29(37)38-30(3,4)5)20-32-16-11-13-25(28(32)36)31-27(35)15-8-6-7-9-17-34/h7,9-14,16-17,19,21H,6,8,15,18,20H2,1-5H3,(H,31,35)/b9-7+. The number of hydrogen-bond donors (Lipinski definition) is 1. The van der Waals surface area contributed by atoms with E-state index in [1.165, 1.54) is 15.2 Å². The van der Waals surface area contributed by atoms with E-state index in [-0.39, 0.29) is 30.1 Å². The van der Waals surface area contributed by atoms with Crippen molar-refractivity contribution < 1.29 is 19.1 Å². The van der Waals surface area contributed by atoms with Crippen LogP contribution in [0.3, 0.4) is 0 Å². The molecule has 202 valence electrons. The molecule has 0 bridgehead atoms. The number of amides is 1. The van der Waals surface area contributed by atoms with Crippen LogP contribution in [-0.4, -0.2) is 33.0 Å². The van der Waals surface area contributed by atoms with Gasteiger partial charge in [0.15, 0.2) is 0 Å². The molecular weight excluding hydrogens is 482 g/mol. The Morgan fingerprint density at radius 2 is 1.89 bits per heavy atom. The third-order valence-electron chi connectivity index (χ3n) is 5.83. The molecule has 0 atom stereocenters. The lowest BCUT2D eigenvalue weighted by atomic mass is 10.00. The molecule has 0 unspecified atom stereocenters. The topological polar surface area (TPSA) is 99.4 Å². The van der Waals surface area contributed by atoms with Crippen LogP contribution in [0.1, 0.15) is 65.1 Å². The number of rotatable bonds is 10. The molecule has 3 rings (SSSR count). The number of fused-ring (bicyclic) bond motifs is 1. The molecule has 0 saturated carbocycles. The van der Waals surface area contributed by atoms with Crippen molar-refractivity contribution in [1.29, 1.82) is 0 Å². The van der Waals surface area contributed by atoms with Gasteiger partial charge in [-0.1, -0.05) is 32.1 Å². The van der Waals surface area contributed by atoms with Gasteiger partial charge in [-0.05, 0) is 81.9 Å². The lowest BCUT2D eigenvalue weighted by Crippen LogP contribution is -2.30. The minimum atomic E-state index is -0.690. The zero-order chi connectivity index (χ0) is 27.9. The molecule has 8 nitrogen and oxygen atoms in total. The second-order valence-corrected chi connectivity index (χ2v) is 10.8. The van der Waals surface area contributed by atoms with E-state index in [0.717, 1.165) is 22.9 Å². The fraction of sp³-hybridized carbons (Fsp3) is 0.400. The van der Waals surface area contributed by atoms with Crippen LogP contribution in [0.25, 0.3) is 10.9 Å². The highest BCUT2D eigenvalue weighted by atomic mass is 16.6. The van der Waals surface area contributed by atoms with Gasteiger partial charge in [-0.15, -0.1) is 0 Å². The molecule has 8 heteroatoms. The Morgan fingerprint density at radius 1 is 1.13 bits per heavy atom. The number of unbranched alkanes of at least 4 members (excludes halogenated alkanes) is 1. The molecule has 3 aromatic rings. The quantitative estimate of drug-likeness (QED) is 0.211. The number of ether oxygens (including phenoxy) is 1. The summed E-state index contributed by atoms with van der Waals surface area (Å²) in [7, 11) is 0. The maximum absolute atomic E-state index is 13.3. The van der Waals surface area contributed by atoms with Crippen molar-refractivity contribution in [3.8, 4) is 0 Å². The zero-order valence-electron chi connectivity index (χ0n) is 22.8. The molecule has 1 N–H and O–H groups in total. The first kappa shape index (κ1) is 28.6. The predicted octanol–water partition coefficient (Wildman–Crippen LogP) is 5.70. The van der Waals surface area contributed by atoms with Gasteiger partial charge in [0.1, 0.15) is 17.6 Å². The minimum absolute atomic E-state index is 0.119. The van der Waals surface area contributed by atoms with Crippen molar-refractivity contribution in [2.75, 3.05) is 5.32 Å². The number of nitrogens with zero attached hydrogens (tertiary/aromatic N) is 2. The molecule has 1 amide bonds. The highest BCUT2D eigenvalue weighted by Gasteiger charge is 2.23. The number of benzene rings is 1. The first-order valence-corrected chi connectivity index (χ1v) is 13.0. The first-order valence-electron chi connectivity index (χ1n) is 13.0. The van der Waals surface area contributed by atoms with Crippen LogP contribution >= 0.6 is 0 Å². The van der Waals surface area contributed by atoms with E-state index in [1.54, 1.807) is 24.4 Å². The Morgan fingerprint density at radius 3 is 2.58 bits per heavy atom. The Bertz CT molecular complexity index is 1390. The Kier molecular flexibility index (Phi) is 9.45. The van der Waals surface area contributed by atoms with E-state index >= 15 is 0 Å². The van der Waals surface area contributed by atoms with Gasteiger partial charge >= 0.3 is 6.09 Å². The largest absolute Gasteiger partial charge is 0.443 e. The number of carbonyl (C=O) groups excluding carboxylic acids is 3. The van der Waals surface area contributed by atoms with Gasteiger partial charge in [-0.25, -0.2) is 9.36 Å². The second kappa shape index (κ2) is 12.5. The van der Waals surface area contributed by atoms with E-state index in [0.29, 0.717) is 30.7 Å². The van der Waals surface area contributed by atoms with Gasteiger partial charge in [0, 0.05) is 18.0 Å². The second-order valence-electron chi connectivity index (χ2n) is 10.8. The van der Waals surface area contributed by atoms with Crippen molar-refractivity contribution >= 4 is 34.9 Å². The molecule has 0 radical (unpaired) electrons. The van der Waals surface area contributed by atoms with Gasteiger partial charge in [-0.2, -0.15) is 0 Å². The van der Waals surface area contributed by atoms with Crippen molar-refractivity contribution in [2.45, 2.75) is 72.4 Å². The van der Waals surface area contributed by atoms with Gasteiger partial charge in [0.2, 0.25) is 5.91 Å². The molecular formula is C30H37N3O5. The zero-order valence-corrected chi connectivity index (χ0v) is 22.8. The van der Waals surface area contributed by atoms with Gasteiger partial charge in [0.25, 0.3) is 5.56 Å². The van der Waals surface area contributed by atoms with Crippen LogP contribution in [0.4, 0.5) is 10.5 Å². The van der Waals surface area contributed by atoms with E-state index in [2.05, 4.69) is 25.2 Å². The predicted molar refractivity (Wildman–Crippen MR) is 150 cm³/mol. The lowest BCUT2D eigenvalue weighted by Gasteiger charge is -2.21. The van der Waals surface area contributed by atoms with E-state index in [9.17, 15) is 19.2 Å². The van der Waals surface area contributed by atoms with Crippen molar-refractivity contribution in [3.05, 3.63) is 76.4 Å². The molecule has 2 heterocycles. The fourth-order valence-electron chi connectivity index (χ4n) is 4.28. The summed E-state index contributed by atoms with van der Waals surface area (Å²) in [5.74, 6) is 0.151. The van der Waals surface area contributed by atoms with Gasteiger partial charge in [0.05, 0.1) is 17.8 Å². The molecule has 0 saturated heterocycles. The number of aromatic nitrogens is 2. The number of nitrogens with one attached hydrogen (secondary N) is 1. The SMILES string of the molecule is CC(C)Cc1cccc2c1cc(Cn1cccc(NC(=O)CCC/C=C/C=O)c1=O)n2C(=O)OC(C)(C)C. The van der Waals surface area contributed by atoms with E-state index < -0.39 is 11.7 Å². The fourth-order valence-corrected chi connectivity index (χ4v) is 4.28. The summed E-state index contributed by atoms with van der Waals surface area (Å²) in [5.41, 5.74) is 1.57. The number of allylic oxidation sites excluding steroid dienone is 2. The van der Waals surface area contributed by atoms with Crippen LogP contribution in [-0.2, 0) is 27.3 Å².